The Hall–Kier alpha value is -1.75. The van der Waals surface area contributed by atoms with Gasteiger partial charge < -0.3 is 19.1 Å². The molecule has 0 saturated carbocycles. The Balaban J connectivity index is 1.84. The molecule has 1 fully saturated rings. The van der Waals surface area contributed by atoms with E-state index in [9.17, 15) is 4.79 Å². The summed E-state index contributed by atoms with van der Waals surface area (Å²) in [6.45, 7) is 2.41. The minimum absolute atomic E-state index is 0.0889. The molecule has 1 atom stereocenters. The van der Waals surface area contributed by atoms with E-state index >= 15 is 0 Å². The summed E-state index contributed by atoms with van der Waals surface area (Å²) in [5.74, 6) is 1.74. The first kappa shape index (κ1) is 14.2. The van der Waals surface area contributed by atoms with Crippen LogP contribution in [0.2, 0.25) is 0 Å². The van der Waals surface area contributed by atoms with Gasteiger partial charge in [-0.25, -0.2) is 0 Å². The van der Waals surface area contributed by atoms with Crippen molar-refractivity contribution in [1.29, 1.82) is 0 Å². The summed E-state index contributed by atoms with van der Waals surface area (Å²) in [6.07, 6.45) is 2.42. The van der Waals surface area contributed by atoms with Gasteiger partial charge in [0.2, 0.25) is 5.91 Å². The molecule has 5 heteroatoms. The van der Waals surface area contributed by atoms with Crippen molar-refractivity contribution >= 4 is 5.91 Å². The normalized spacial score (nSPS) is 20.6. The number of methoxy groups -OCH3 is 1. The lowest BCUT2D eigenvalue weighted by Gasteiger charge is -2.29. The summed E-state index contributed by atoms with van der Waals surface area (Å²) >= 11 is 0. The Labute approximate surface area is 124 Å². The molecule has 1 unspecified atom stereocenters. The Kier molecular flexibility index (Phi) is 4.29. The quantitative estimate of drug-likeness (QED) is 0.853. The maximum Gasteiger partial charge on any atom is 0.225 e. The number of carbonyl (C=O) groups excluding carboxylic acids is 1. The van der Waals surface area contributed by atoms with Gasteiger partial charge in [0.25, 0.3) is 0 Å². The third-order valence-electron chi connectivity index (χ3n) is 4.05. The van der Waals surface area contributed by atoms with E-state index in [1.165, 1.54) is 0 Å². The fourth-order valence-electron chi connectivity index (χ4n) is 3.08. The zero-order valence-electron chi connectivity index (χ0n) is 12.3. The first-order valence-corrected chi connectivity index (χ1v) is 7.48. The topological polar surface area (TPSA) is 48.0 Å². The predicted molar refractivity (Wildman–Crippen MR) is 77.6 cm³/mol. The van der Waals surface area contributed by atoms with E-state index in [1.54, 1.807) is 7.11 Å². The summed E-state index contributed by atoms with van der Waals surface area (Å²) in [4.78, 5) is 14.3. The molecule has 0 aliphatic carbocycles. The molecule has 1 amide bonds. The summed E-state index contributed by atoms with van der Waals surface area (Å²) < 4.78 is 16.4. The average Bonchev–Trinajstić information content (AvgIpc) is 3.01. The molecule has 21 heavy (non-hydrogen) atoms. The predicted octanol–water partition coefficient (Wildman–Crippen LogP) is 2.16. The van der Waals surface area contributed by atoms with E-state index in [0.29, 0.717) is 26.2 Å². The standard InChI is InChI=1S/C16H21NO4/c1-19-9-7-15(18)17-8-3-5-13(17)12-4-2-6-14-16(12)21-11-10-20-14/h2,4,6,13H,3,5,7-11H2,1H3. The molecule has 0 aromatic heterocycles. The second-order valence-electron chi connectivity index (χ2n) is 5.36. The van der Waals surface area contributed by atoms with Crippen LogP contribution in [-0.2, 0) is 9.53 Å². The molecule has 1 saturated heterocycles. The number of fused-ring (bicyclic) bond motifs is 1. The lowest BCUT2D eigenvalue weighted by atomic mass is 10.0. The minimum Gasteiger partial charge on any atom is -0.486 e. The highest BCUT2D eigenvalue weighted by atomic mass is 16.6. The van der Waals surface area contributed by atoms with Gasteiger partial charge in [-0.2, -0.15) is 0 Å². The van der Waals surface area contributed by atoms with E-state index in [4.69, 9.17) is 14.2 Å². The molecule has 2 heterocycles. The number of carbonyl (C=O) groups is 1. The second-order valence-corrected chi connectivity index (χ2v) is 5.36. The number of nitrogens with zero attached hydrogens (tertiary/aromatic N) is 1. The number of amides is 1. The highest BCUT2D eigenvalue weighted by Gasteiger charge is 2.33. The molecular formula is C16H21NO4. The number of rotatable bonds is 4. The molecule has 1 aromatic rings. The van der Waals surface area contributed by atoms with Gasteiger partial charge in [-0.05, 0) is 18.9 Å². The number of para-hydroxylation sites is 1. The van der Waals surface area contributed by atoms with Gasteiger partial charge in [-0.1, -0.05) is 12.1 Å². The first-order valence-electron chi connectivity index (χ1n) is 7.48. The highest BCUT2D eigenvalue weighted by molar-refractivity contribution is 5.77. The van der Waals surface area contributed by atoms with Crippen molar-refractivity contribution in [3.05, 3.63) is 23.8 Å². The van der Waals surface area contributed by atoms with Crippen molar-refractivity contribution in [2.45, 2.75) is 25.3 Å². The largest absolute Gasteiger partial charge is 0.486 e. The maximum atomic E-state index is 12.3. The van der Waals surface area contributed by atoms with Gasteiger partial charge >= 0.3 is 0 Å². The third-order valence-corrected chi connectivity index (χ3v) is 4.05. The molecule has 0 N–H and O–H groups in total. The van der Waals surface area contributed by atoms with Crippen molar-refractivity contribution in [3.63, 3.8) is 0 Å². The Morgan fingerprint density at radius 2 is 2.24 bits per heavy atom. The molecule has 5 nitrogen and oxygen atoms in total. The maximum absolute atomic E-state index is 12.3. The fourth-order valence-corrected chi connectivity index (χ4v) is 3.08. The van der Waals surface area contributed by atoms with Crippen molar-refractivity contribution in [2.75, 3.05) is 33.5 Å². The Morgan fingerprint density at radius 1 is 1.38 bits per heavy atom. The van der Waals surface area contributed by atoms with Gasteiger partial charge in [0.1, 0.15) is 13.2 Å². The Bertz CT molecular complexity index is 517. The smallest absolute Gasteiger partial charge is 0.225 e. The highest BCUT2D eigenvalue weighted by Crippen LogP contribution is 2.42. The van der Waals surface area contributed by atoms with E-state index in [-0.39, 0.29) is 11.9 Å². The minimum atomic E-state index is 0.0889. The number of hydrogen-bond donors (Lipinski definition) is 0. The molecule has 3 rings (SSSR count). The van der Waals surface area contributed by atoms with Crippen LogP contribution in [-0.4, -0.2) is 44.3 Å². The van der Waals surface area contributed by atoms with Gasteiger partial charge in [-0.3, -0.25) is 4.79 Å². The van der Waals surface area contributed by atoms with E-state index < -0.39 is 0 Å². The summed E-state index contributed by atoms with van der Waals surface area (Å²) in [5, 5.41) is 0. The zero-order chi connectivity index (χ0) is 14.7. The average molecular weight is 291 g/mol. The molecule has 2 aliphatic rings. The Morgan fingerprint density at radius 3 is 3.10 bits per heavy atom. The summed E-state index contributed by atoms with van der Waals surface area (Å²) in [5.41, 5.74) is 1.07. The number of hydrogen-bond acceptors (Lipinski definition) is 4. The molecule has 114 valence electrons. The van der Waals surface area contributed by atoms with Gasteiger partial charge in [-0.15, -0.1) is 0 Å². The number of benzene rings is 1. The van der Waals surface area contributed by atoms with Crippen LogP contribution in [0.15, 0.2) is 18.2 Å². The van der Waals surface area contributed by atoms with E-state index in [1.807, 2.05) is 23.1 Å². The lowest BCUT2D eigenvalue weighted by molar-refractivity contribution is -0.133. The van der Waals surface area contributed by atoms with E-state index in [0.717, 1.165) is 36.4 Å². The summed E-state index contributed by atoms with van der Waals surface area (Å²) in [6, 6.07) is 6.02. The van der Waals surface area contributed by atoms with Crippen molar-refractivity contribution < 1.29 is 19.0 Å². The molecular weight excluding hydrogens is 270 g/mol. The van der Waals surface area contributed by atoms with Crippen LogP contribution >= 0.6 is 0 Å². The third kappa shape index (κ3) is 2.83. The van der Waals surface area contributed by atoms with Crippen LogP contribution < -0.4 is 9.47 Å². The second kappa shape index (κ2) is 6.35. The number of ether oxygens (including phenoxy) is 3. The van der Waals surface area contributed by atoms with Gasteiger partial charge in [0.15, 0.2) is 11.5 Å². The van der Waals surface area contributed by atoms with Crippen molar-refractivity contribution in [2.24, 2.45) is 0 Å². The number of likely N-dealkylation sites (tertiary alicyclic amines) is 1. The van der Waals surface area contributed by atoms with Gasteiger partial charge in [0.05, 0.1) is 19.1 Å². The molecule has 1 aromatic carbocycles. The van der Waals surface area contributed by atoms with Crippen molar-refractivity contribution in [3.8, 4) is 11.5 Å². The van der Waals surface area contributed by atoms with Crippen LogP contribution in [0.25, 0.3) is 0 Å². The van der Waals surface area contributed by atoms with Gasteiger partial charge in [0, 0.05) is 19.2 Å². The summed E-state index contributed by atoms with van der Waals surface area (Å²) in [7, 11) is 1.62. The molecule has 2 aliphatic heterocycles. The van der Waals surface area contributed by atoms with E-state index in [2.05, 4.69) is 0 Å². The fraction of sp³-hybridized carbons (Fsp3) is 0.562. The monoisotopic (exact) mass is 291 g/mol. The van der Waals surface area contributed by atoms with Crippen LogP contribution in [0.1, 0.15) is 30.9 Å². The van der Waals surface area contributed by atoms with Crippen LogP contribution in [0.3, 0.4) is 0 Å². The van der Waals surface area contributed by atoms with Crippen molar-refractivity contribution in [1.82, 2.24) is 4.90 Å². The van der Waals surface area contributed by atoms with Crippen LogP contribution in [0.4, 0.5) is 0 Å². The molecule has 0 radical (unpaired) electrons. The first-order chi connectivity index (χ1) is 10.3. The molecule has 0 bridgehead atoms. The molecule has 0 spiro atoms. The zero-order valence-corrected chi connectivity index (χ0v) is 12.3. The SMILES string of the molecule is COCCC(=O)N1CCCC1c1cccc2c1OCCO2. The van der Waals surface area contributed by atoms with Crippen LogP contribution in [0, 0.1) is 0 Å². The lowest BCUT2D eigenvalue weighted by Crippen LogP contribution is -2.31. The van der Waals surface area contributed by atoms with Crippen LogP contribution in [0.5, 0.6) is 11.5 Å².